The SMILES string of the molecule is CCCCCNC(=O)C1CC(=O)N(CCc2c[nH]c3ccc(F)cc23)C1. The molecule has 2 heterocycles. The Hall–Kier alpha value is -2.37. The van der Waals surface area contributed by atoms with E-state index in [1.54, 1.807) is 11.0 Å². The fourth-order valence-electron chi connectivity index (χ4n) is 3.51. The highest BCUT2D eigenvalue weighted by Gasteiger charge is 2.33. The normalized spacial score (nSPS) is 17.2. The second kappa shape index (κ2) is 8.34. The number of nitrogens with one attached hydrogen (secondary N) is 2. The average molecular weight is 359 g/mol. The number of carbonyl (C=O) groups excluding carboxylic acids is 2. The van der Waals surface area contributed by atoms with Gasteiger partial charge in [-0.2, -0.15) is 0 Å². The Balaban J connectivity index is 1.53. The van der Waals surface area contributed by atoms with Crippen molar-refractivity contribution in [3.8, 4) is 0 Å². The molecule has 140 valence electrons. The molecule has 2 N–H and O–H groups in total. The van der Waals surface area contributed by atoms with Crippen molar-refractivity contribution in [3.63, 3.8) is 0 Å². The zero-order chi connectivity index (χ0) is 18.5. The van der Waals surface area contributed by atoms with E-state index in [2.05, 4.69) is 17.2 Å². The van der Waals surface area contributed by atoms with Crippen molar-refractivity contribution in [2.24, 2.45) is 5.92 Å². The minimum atomic E-state index is -0.268. The van der Waals surface area contributed by atoms with Gasteiger partial charge in [0.1, 0.15) is 5.82 Å². The van der Waals surface area contributed by atoms with Crippen LogP contribution in [0.2, 0.25) is 0 Å². The average Bonchev–Trinajstić information content (AvgIpc) is 3.20. The molecule has 1 aliphatic rings. The predicted molar refractivity (Wildman–Crippen MR) is 99.2 cm³/mol. The number of hydrogen-bond donors (Lipinski definition) is 2. The zero-order valence-electron chi connectivity index (χ0n) is 15.2. The lowest BCUT2D eigenvalue weighted by atomic mass is 10.1. The third kappa shape index (κ3) is 4.23. The maximum atomic E-state index is 13.5. The monoisotopic (exact) mass is 359 g/mol. The van der Waals surface area contributed by atoms with Crippen molar-refractivity contribution in [2.45, 2.75) is 39.0 Å². The Kier molecular flexibility index (Phi) is 5.91. The molecule has 0 bridgehead atoms. The Morgan fingerprint density at radius 3 is 3.04 bits per heavy atom. The van der Waals surface area contributed by atoms with Crippen LogP contribution in [0.4, 0.5) is 4.39 Å². The molecule has 5 nitrogen and oxygen atoms in total. The van der Waals surface area contributed by atoms with Gasteiger partial charge in [0.25, 0.3) is 0 Å². The number of carbonyl (C=O) groups is 2. The van der Waals surface area contributed by atoms with Crippen LogP contribution in [0.1, 0.15) is 38.2 Å². The Labute approximate surface area is 152 Å². The molecule has 26 heavy (non-hydrogen) atoms. The van der Waals surface area contributed by atoms with Crippen molar-refractivity contribution in [1.82, 2.24) is 15.2 Å². The Morgan fingerprint density at radius 2 is 2.23 bits per heavy atom. The quantitative estimate of drug-likeness (QED) is 0.712. The number of aromatic amines is 1. The van der Waals surface area contributed by atoms with Gasteiger partial charge in [0.2, 0.25) is 11.8 Å². The first-order valence-corrected chi connectivity index (χ1v) is 9.39. The van der Waals surface area contributed by atoms with E-state index in [-0.39, 0.29) is 30.0 Å². The maximum absolute atomic E-state index is 13.5. The van der Waals surface area contributed by atoms with Gasteiger partial charge in [-0.3, -0.25) is 9.59 Å². The molecule has 6 heteroatoms. The van der Waals surface area contributed by atoms with Crippen LogP contribution >= 0.6 is 0 Å². The summed E-state index contributed by atoms with van der Waals surface area (Å²) in [5.41, 5.74) is 1.87. The Bertz CT molecular complexity index is 786. The standard InChI is InChI=1S/C20H26FN3O2/c1-2-3-4-8-22-20(26)15-10-19(25)24(13-15)9-7-14-12-23-18-6-5-16(21)11-17(14)18/h5-6,11-12,15,23H,2-4,7-10,13H2,1H3,(H,22,26). The van der Waals surface area contributed by atoms with Gasteiger partial charge in [-0.15, -0.1) is 0 Å². The first kappa shape index (κ1) is 18.4. The summed E-state index contributed by atoms with van der Waals surface area (Å²) in [5.74, 6) is -0.532. The van der Waals surface area contributed by atoms with Gasteiger partial charge in [0.15, 0.2) is 0 Å². The zero-order valence-corrected chi connectivity index (χ0v) is 15.2. The molecule has 1 aromatic heterocycles. The first-order chi connectivity index (χ1) is 12.6. The van der Waals surface area contributed by atoms with E-state index in [1.807, 2.05) is 6.20 Å². The van der Waals surface area contributed by atoms with Gasteiger partial charge in [0.05, 0.1) is 5.92 Å². The summed E-state index contributed by atoms with van der Waals surface area (Å²) in [5, 5.41) is 3.79. The van der Waals surface area contributed by atoms with Crippen molar-refractivity contribution < 1.29 is 14.0 Å². The van der Waals surface area contributed by atoms with Gasteiger partial charge in [-0.1, -0.05) is 19.8 Å². The molecule has 2 amide bonds. The van der Waals surface area contributed by atoms with E-state index in [1.165, 1.54) is 12.1 Å². The highest BCUT2D eigenvalue weighted by Crippen LogP contribution is 2.22. The molecule has 1 atom stereocenters. The van der Waals surface area contributed by atoms with Crippen LogP contribution in [0, 0.1) is 11.7 Å². The van der Waals surface area contributed by atoms with Gasteiger partial charge >= 0.3 is 0 Å². The van der Waals surface area contributed by atoms with Crippen LogP contribution in [0.15, 0.2) is 24.4 Å². The summed E-state index contributed by atoms with van der Waals surface area (Å²) >= 11 is 0. The minimum absolute atomic E-state index is 0.0183. The number of fused-ring (bicyclic) bond motifs is 1. The molecule has 1 unspecified atom stereocenters. The lowest BCUT2D eigenvalue weighted by molar-refractivity contribution is -0.129. The van der Waals surface area contributed by atoms with E-state index in [9.17, 15) is 14.0 Å². The summed E-state index contributed by atoms with van der Waals surface area (Å²) in [7, 11) is 0. The molecule has 0 spiro atoms. The van der Waals surface area contributed by atoms with Gasteiger partial charge in [-0.25, -0.2) is 4.39 Å². The topological polar surface area (TPSA) is 65.2 Å². The highest BCUT2D eigenvalue weighted by molar-refractivity contribution is 5.89. The number of H-pyrrole nitrogens is 1. The fourth-order valence-corrected chi connectivity index (χ4v) is 3.51. The summed E-state index contributed by atoms with van der Waals surface area (Å²) in [4.78, 5) is 29.3. The molecule has 1 aliphatic heterocycles. The lowest BCUT2D eigenvalue weighted by Crippen LogP contribution is -2.34. The number of nitrogens with zero attached hydrogens (tertiary/aromatic N) is 1. The molecular weight excluding hydrogens is 333 g/mol. The van der Waals surface area contributed by atoms with E-state index in [0.29, 0.717) is 26.1 Å². The third-order valence-corrected chi connectivity index (χ3v) is 5.05. The summed E-state index contributed by atoms with van der Waals surface area (Å²) < 4.78 is 13.5. The van der Waals surface area contributed by atoms with Gasteiger partial charge < -0.3 is 15.2 Å². The number of likely N-dealkylation sites (tertiary alicyclic amines) is 1. The number of aromatic nitrogens is 1. The largest absolute Gasteiger partial charge is 0.361 e. The van der Waals surface area contributed by atoms with E-state index < -0.39 is 0 Å². The number of unbranched alkanes of at least 4 members (excludes halogenated alkanes) is 2. The molecule has 2 aromatic rings. The molecule has 0 radical (unpaired) electrons. The number of rotatable bonds is 8. The number of amides is 2. The van der Waals surface area contributed by atoms with Crippen LogP contribution in [0.3, 0.4) is 0 Å². The Morgan fingerprint density at radius 1 is 1.38 bits per heavy atom. The van der Waals surface area contributed by atoms with Crippen molar-refractivity contribution in [2.75, 3.05) is 19.6 Å². The summed E-state index contributed by atoms with van der Waals surface area (Å²) in [6.07, 6.45) is 5.97. The fraction of sp³-hybridized carbons (Fsp3) is 0.500. The second-order valence-corrected chi connectivity index (χ2v) is 6.99. The first-order valence-electron chi connectivity index (χ1n) is 9.39. The number of benzene rings is 1. The number of halogens is 1. The van der Waals surface area contributed by atoms with Gasteiger partial charge in [0, 0.05) is 43.2 Å². The molecule has 1 saturated heterocycles. The van der Waals surface area contributed by atoms with E-state index in [0.717, 1.165) is 35.7 Å². The van der Waals surface area contributed by atoms with Crippen molar-refractivity contribution in [1.29, 1.82) is 0 Å². The molecule has 0 saturated carbocycles. The highest BCUT2D eigenvalue weighted by atomic mass is 19.1. The van der Waals surface area contributed by atoms with Crippen LogP contribution in [-0.2, 0) is 16.0 Å². The molecule has 1 fully saturated rings. The number of hydrogen-bond acceptors (Lipinski definition) is 2. The predicted octanol–water partition coefficient (Wildman–Crippen LogP) is 3.00. The molecule has 3 rings (SSSR count). The maximum Gasteiger partial charge on any atom is 0.225 e. The smallest absolute Gasteiger partial charge is 0.225 e. The van der Waals surface area contributed by atoms with Crippen LogP contribution in [-0.4, -0.2) is 41.3 Å². The van der Waals surface area contributed by atoms with Crippen molar-refractivity contribution in [3.05, 3.63) is 35.8 Å². The van der Waals surface area contributed by atoms with E-state index >= 15 is 0 Å². The van der Waals surface area contributed by atoms with Crippen LogP contribution in [0.5, 0.6) is 0 Å². The summed E-state index contributed by atoms with van der Waals surface area (Å²) in [6.45, 7) is 3.81. The van der Waals surface area contributed by atoms with E-state index in [4.69, 9.17) is 0 Å². The van der Waals surface area contributed by atoms with Crippen molar-refractivity contribution >= 4 is 22.7 Å². The molecule has 0 aliphatic carbocycles. The summed E-state index contributed by atoms with van der Waals surface area (Å²) in [6, 6.07) is 4.66. The molecule has 1 aromatic carbocycles. The van der Waals surface area contributed by atoms with Crippen LogP contribution in [0.25, 0.3) is 10.9 Å². The van der Waals surface area contributed by atoms with Gasteiger partial charge in [-0.05, 0) is 36.6 Å². The molecular formula is C20H26FN3O2. The van der Waals surface area contributed by atoms with Crippen LogP contribution < -0.4 is 5.32 Å². The lowest BCUT2D eigenvalue weighted by Gasteiger charge is -2.16. The second-order valence-electron chi connectivity index (χ2n) is 6.99. The third-order valence-electron chi connectivity index (χ3n) is 5.05. The minimum Gasteiger partial charge on any atom is -0.361 e.